The SMILES string of the molecule is COc1cc(OC)cc(OC(C(=O)O)C2(c3ccccc3)c3ccccc3CCN2C(=O)Cc2ccccc2)c1. The Morgan fingerprint density at radius 2 is 1.40 bits per heavy atom. The molecule has 1 heterocycles. The summed E-state index contributed by atoms with van der Waals surface area (Å²) in [6, 6.07) is 31.3. The first-order valence-electron chi connectivity index (χ1n) is 13.1. The molecule has 0 saturated carbocycles. The van der Waals surface area contributed by atoms with Crippen LogP contribution in [0.2, 0.25) is 0 Å². The predicted octanol–water partition coefficient (Wildman–Crippen LogP) is 5.11. The zero-order valence-electron chi connectivity index (χ0n) is 22.4. The van der Waals surface area contributed by atoms with Gasteiger partial charge >= 0.3 is 5.97 Å². The Kier molecular flexibility index (Phi) is 7.73. The third-order valence-corrected chi connectivity index (χ3v) is 7.35. The first-order valence-corrected chi connectivity index (χ1v) is 13.1. The lowest BCUT2D eigenvalue weighted by molar-refractivity contribution is -0.157. The average Bonchev–Trinajstić information content (AvgIpc) is 2.99. The quantitative estimate of drug-likeness (QED) is 0.320. The zero-order valence-corrected chi connectivity index (χ0v) is 22.4. The summed E-state index contributed by atoms with van der Waals surface area (Å²) in [6.07, 6.45) is -0.797. The van der Waals surface area contributed by atoms with Crippen LogP contribution in [0.1, 0.15) is 22.3 Å². The minimum atomic E-state index is -1.51. The van der Waals surface area contributed by atoms with E-state index in [1.807, 2.05) is 84.9 Å². The number of carboxylic acid groups (broad SMARTS) is 1. The molecular formula is C33H31NO6. The lowest BCUT2D eigenvalue weighted by Crippen LogP contribution is -2.64. The number of benzene rings is 4. The highest BCUT2D eigenvalue weighted by Crippen LogP contribution is 2.46. The molecule has 1 aliphatic heterocycles. The number of methoxy groups -OCH3 is 2. The highest BCUT2D eigenvalue weighted by atomic mass is 16.5. The summed E-state index contributed by atoms with van der Waals surface area (Å²) >= 11 is 0. The second kappa shape index (κ2) is 11.5. The van der Waals surface area contributed by atoms with Crippen molar-refractivity contribution in [3.05, 3.63) is 125 Å². The van der Waals surface area contributed by atoms with Crippen molar-refractivity contribution in [3.8, 4) is 17.2 Å². The van der Waals surface area contributed by atoms with Gasteiger partial charge in [0.25, 0.3) is 0 Å². The first kappa shape index (κ1) is 26.8. The molecule has 1 N–H and O–H groups in total. The van der Waals surface area contributed by atoms with Gasteiger partial charge < -0.3 is 24.2 Å². The van der Waals surface area contributed by atoms with Gasteiger partial charge in [-0.25, -0.2) is 4.79 Å². The molecule has 0 bridgehead atoms. The van der Waals surface area contributed by atoms with Crippen LogP contribution in [0.5, 0.6) is 17.2 Å². The number of fused-ring (bicyclic) bond motifs is 1. The van der Waals surface area contributed by atoms with Crippen molar-refractivity contribution in [3.63, 3.8) is 0 Å². The third kappa shape index (κ3) is 4.98. The van der Waals surface area contributed by atoms with Crippen LogP contribution in [0.15, 0.2) is 103 Å². The Labute approximate surface area is 233 Å². The lowest BCUT2D eigenvalue weighted by Gasteiger charge is -2.51. The van der Waals surface area contributed by atoms with Gasteiger partial charge in [0.2, 0.25) is 12.0 Å². The van der Waals surface area contributed by atoms with E-state index in [-0.39, 0.29) is 18.1 Å². The maximum Gasteiger partial charge on any atom is 0.348 e. The largest absolute Gasteiger partial charge is 0.496 e. The summed E-state index contributed by atoms with van der Waals surface area (Å²) < 4.78 is 17.2. The Morgan fingerprint density at radius 3 is 2.02 bits per heavy atom. The summed E-state index contributed by atoms with van der Waals surface area (Å²) in [7, 11) is 3.03. The predicted molar refractivity (Wildman–Crippen MR) is 151 cm³/mol. The number of carbonyl (C=O) groups is 2. The van der Waals surface area contributed by atoms with Crippen molar-refractivity contribution >= 4 is 11.9 Å². The van der Waals surface area contributed by atoms with Crippen molar-refractivity contribution in [1.82, 2.24) is 4.90 Å². The van der Waals surface area contributed by atoms with Crippen LogP contribution < -0.4 is 14.2 Å². The van der Waals surface area contributed by atoms with E-state index in [0.29, 0.717) is 30.0 Å². The number of amides is 1. The molecule has 2 atom stereocenters. The van der Waals surface area contributed by atoms with Crippen molar-refractivity contribution in [1.29, 1.82) is 0 Å². The topological polar surface area (TPSA) is 85.3 Å². The van der Waals surface area contributed by atoms with E-state index in [2.05, 4.69) is 0 Å². The molecule has 0 saturated heterocycles. The third-order valence-electron chi connectivity index (χ3n) is 7.35. The number of ether oxygens (including phenoxy) is 3. The molecule has 40 heavy (non-hydrogen) atoms. The number of carbonyl (C=O) groups excluding carboxylic acids is 1. The molecule has 1 aliphatic rings. The Bertz CT molecular complexity index is 1470. The highest BCUT2D eigenvalue weighted by molar-refractivity contribution is 5.85. The zero-order chi connectivity index (χ0) is 28.1. The van der Waals surface area contributed by atoms with Crippen molar-refractivity contribution < 1.29 is 28.9 Å². The van der Waals surface area contributed by atoms with Crippen molar-refractivity contribution in [2.45, 2.75) is 24.5 Å². The van der Waals surface area contributed by atoms with Crippen molar-refractivity contribution in [2.75, 3.05) is 20.8 Å². The van der Waals surface area contributed by atoms with Crippen LogP contribution in [-0.2, 0) is 28.0 Å². The van der Waals surface area contributed by atoms with Crippen LogP contribution in [0.3, 0.4) is 0 Å². The van der Waals surface area contributed by atoms with Gasteiger partial charge in [-0.3, -0.25) is 4.79 Å². The molecule has 4 aromatic rings. The standard InChI is InChI=1S/C33H31NO6/c1-38-26-20-27(39-2)22-28(21-26)40-31(32(36)37)33(25-14-7-4-8-15-25)29-16-10-9-13-24(29)17-18-34(33)30(35)19-23-11-5-3-6-12-23/h3-16,20-22,31H,17-19H2,1-2H3,(H,36,37). The van der Waals surface area contributed by atoms with E-state index in [0.717, 1.165) is 16.7 Å². The molecule has 0 spiro atoms. The summed E-state index contributed by atoms with van der Waals surface area (Å²) in [5.74, 6) is -0.249. The van der Waals surface area contributed by atoms with Gasteiger partial charge in [-0.15, -0.1) is 0 Å². The normalized spacial score (nSPS) is 16.9. The summed E-state index contributed by atoms with van der Waals surface area (Å²) in [4.78, 5) is 29.2. The maximum absolute atomic E-state index is 14.2. The molecule has 0 aromatic heterocycles. The molecule has 0 radical (unpaired) electrons. The lowest BCUT2D eigenvalue weighted by atomic mass is 9.71. The molecule has 5 rings (SSSR count). The summed E-state index contributed by atoms with van der Waals surface area (Å²) in [6.45, 7) is 0.326. The van der Waals surface area contributed by atoms with E-state index in [1.165, 1.54) is 14.2 Å². The molecular weight excluding hydrogens is 506 g/mol. The van der Waals surface area contributed by atoms with E-state index in [9.17, 15) is 14.7 Å². The maximum atomic E-state index is 14.2. The van der Waals surface area contributed by atoms with Crippen LogP contribution >= 0.6 is 0 Å². The van der Waals surface area contributed by atoms with E-state index in [1.54, 1.807) is 23.1 Å². The summed E-state index contributed by atoms with van der Waals surface area (Å²) in [5.41, 5.74) is 1.71. The van der Waals surface area contributed by atoms with Gasteiger partial charge in [0, 0.05) is 24.7 Å². The fourth-order valence-corrected chi connectivity index (χ4v) is 5.59. The molecule has 0 aliphatic carbocycles. The van der Waals surface area contributed by atoms with Gasteiger partial charge in [0.05, 0.1) is 20.6 Å². The number of carboxylic acids is 1. The fourth-order valence-electron chi connectivity index (χ4n) is 5.59. The Balaban J connectivity index is 1.74. The number of hydrogen-bond acceptors (Lipinski definition) is 5. The second-order valence-electron chi connectivity index (χ2n) is 9.63. The van der Waals surface area contributed by atoms with E-state index in [4.69, 9.17) is 14.2 Å². The van der Waals surface area contributed by atoms with Gasteiger partial charge in [0.15, 0.2) is 0 Å². The molecule has 0 fully saturated rings. The number of nitrogens with zero attached hydrogens (tertiary/aromatic N) is 1. The number of aliphatic carboxylic acids is 1. The van der Waals surface area contributed by atoms with Gasteiger partial charge in [-0.2, -0.15) is 0 Å². The van der Waals surface area contributed by atoms with Crippen molar-refractivity contribution in [2.24, 2.45) is 0 Å². The minimum Gasteiger partial charge on any atom is -0.496 e. The van der Waals surface area contributed by atoms with Gasteiger partial charge in [0.1, 0.15) is 22.8 Å². The van der Waals surface area contributed by atoms with Crippen LogP contribution in [0, 0.1) is 0 Å². The molecule has 7 heteroatoms. The second-order valence-corrected chi connectivity index (χ2v) is 9.63. The molecule has 4 aromatic carbocycles. The summed E-state index contributed by atoms with van der Waals surface area (Å²) in [5, 5.41) is 10.9. The molecule has 2 unspecified atom stereocenters. The van der Waals surface area contributed by atoms with Gasteiger partial charge in [-0.05, 0) is 28.7 Å². The van der Waals surface area contributed by atoms with Gasteiger partial charge in [-0.1, -0.05) is 84.9 Å². The molecule has 1 amide bonds. The Morgan fingerprint density at radius 1 is 0.825 bits per heavy atom. The highest BCUT2D eigenvalue weighted by Gasteiger charge is 2.56. The smallest absolute Gasteiger partial charge is 0.348 e. The van der Waals surface area contributed by atoms with E-state index >= 15 is 0 Å². The van der Waals surface area contributed by atoms with Crippen LogP contribution in [-0.4, -0.2) is 48.8 Å². The minimum absolute atomic E-state index is 0.122. The van der Waals surface area contributed by atoms with Crippen LogP contribution in [0.4, 0.5) is 0 Å². The number of hydrogen-bond donors (Lipinski definition) is 1. The monoisotopic (exact) mass is 537 g/mol. The van der Waals surface area contributed by atoms with Crippen LogP contribution in [0.25, 0.3) is 0 Å². The fraction of sp³-hybridized carbons (Fsp3) is 0.212. The molecule has 204 valence electrons. The molecule has 7 nitrogen and oxygen atoms in total. The van der Waals surface area contributed by atoms with E-state index < -0.39 is 17.6 Å². The number of rotatable bonds is 9. The first-order chi connectivity index (χ1) is 19.5. The Hall–Kier alpha value is -4.78. The average molecular weight is 538 g/mol.